The Bertz CT molecular complexity index is 557. The van der Waals surface area contributed by atoms with Gasteiger partial charge in [-0.3, -0.25) is 14.5 Å². The van der Waals surface area contributed by atoms with E-state index in [4.69, 9.17) is 10.5 Å². The number of nitrogens with zero attached hydrogens (tertiary/aromatic N) is 1. The highest BCUT2D eigenvalue weighted by molar-refractivity contribution is 5.90. The minimum atomic E-state index is -0.534. The van der Waals surface area contributed by atoms with Crippen molar-refractivity contribution in [1.29, 1.82) is 0 Å². The first-order chi connectivity index (χ1) is 11.5. The first kappa shape index (κ1) is 18.4. The van der Waals surface area contributed by atoms with Gasteiger partial charge in [-0.2, -0.15) is 0 Å². The lowest BCUT2D eigenvalue weighted by atomic mass is 10.2. The molecule has 1 aromatic rings. The number of morpholine rings is 1. The maximum absolute atomic E-state index is 12.1. The van der Waals surface area contributed by atoms with E-state index in [0.717, 1.165) is 44.1 Å². The van der Waals surface area contributed by atoms with Crippen LogP contribution in [0.5, 0.6) is 0 Å². The summed E-state index contributed by atoms with van der Waals surface area (Å²) in [5, 5.41) is 5.65. The number of nitrogens with one attached hydrogen (secondary N) is 2. The van der Waals surface area contributed by atoms with E-state index < -0.39 is 6.04 Å². The molecule has 1 atom stereocenters. The largest absolute Gasteiger partial charge is 0.379 e. The van der Waals surface area contributed by atoms with E-state index in [9.17, 15) is 9.59 Å². The molecular formula is C17H26N4O3. The number of benzene rings is 1. The summed E-state index contributed by atoms with van der Waals surface area (Å²) < 4.78 is 5.29. The van der Waals surface area contributed by atoms with Gasteiger partial charge in [0, 0.05) is 38.3 Å². The van der Waals surface area contributed by atoms with Gasteiger partial charge in [0.05, 0.1) is 19.3 Å². The second-order valence-electron chi connectivity index (χ2n) is 5.96. The van der Waals surface area contributed by atoms with Crippen molar-refractivity contribution in [2.45, 2.75) is 25.9 Å². The quantitative estimate of drug-likeness (QED) is 0.667. The molecule has 7 nitrogen and oxygen atoms in total. The van der Waals surface area contributed by atoms with Gasteiger partial charge in [-0.05, 0) is 24.6 Å². The molecule has 0 bridgehead atoms. The molecule has 1 heterocycles. The predicted molar refractivity (Wildman–Crippen MR) is 92.4 cm³/mol. The predicted octanol–water partition coefficient (Wildman–Crippen LogP) is 0.311. The molecule has 24 heavy (non-hydrogen) atoms. The lowest BCUT2D eigenvalue weighted by molar-refractivity contribution is -0.122. The third kappa shape index (κ3) is 6.27. The van der Waals surface area contributed by atoms with Crippen LogP contribution in [-0.4, -0.2) is 55.6 Å². The molecule has 0 saturated carbocycles. The summed E-state index contributed by atoms with van der Waals surface area (Å²) in [6.07, 6.45) is 0.450. The zero-order valence-corrected chi connectivity index (χ0v) is 14.1. The van der Waals surface area contributed by atoms with Gasteiger partial charge in [-0.15, -0.1) is 0 Å². The Labute approximate surface area is 142 Å². The molecule has 0 unspecified atom stereocenters. The van der Waals surface area contributed by atoms with Crippen LogP contribution in [-0.2, 0) is 20.9 Å². The molecule has 1 aromatic carbocycles. The van der Waals surface area contributed by atoms with E-state index in [1.807, 2.05) is 24.3 Å². The SMILES string of the molecule is C[C@@H](N)C(=O)NCc1cccc(NC(=O)CCN2CCOCC2)c1. The highest BCUT2D eigenvalue weighted by Crippen LogP contribution is 2.11. The van der Waals surface area contributed by atoms with Crippen LogP contribution in [0.4, 0.5) is 5.69 Å². The maximum atomic E-state index is 12.1. The zero-order chi connectivity index (χ0) is 17.4. The van der Waals surface area contributed by atoms with Crippen molar-refractivity contribution < 1.29 is 14.3 Å². The van der Waals surface area contributed by atoms with E-state index in [-0.39, 0.29) is 11.8 Å². The number of nitrogens with two attached hydrogens (primary N) is 1. The first-order valence-corrected chi connectivity index (χ1v) is 8.27. The molecule has 0 aromatic heterocycles. The average Bonchev–Trinajstić information content (AvgIpc) is 2.59. The standard InChI is InChI=1S/C17H26N4O3/c1-13(18)17(23)19-12-14-3-2-4-15(11-14)20-16(22)5-6-21-7-9-24-10-8-21/h2-4,11,13H,5-10,12,18H2,1H3,(H,19,23)(H,20,22)/t13-/m1/s1. The van der Waals surface area contributed by atoms with Gasteiger partial charge in [0.15, 0.2) is 0 Å². The van der Waals surface area contributed by atoms with Crippen molar-refractivity contribution in [3.05, 3.63) is 29.8 Å². The molecule has 4 N–H and O–H groups in total. The second-order valence-corrected chi connectivity index (χ2v) is 5.96. The van der Waals surface area contributed by atoms with E-state index in [2.05, 4.69) is 15.5 Å². The minimum absolute atomic E-state index is 0.0155. The third-order valence-electron chi connectivity index (χ3n) is 3.85. The number of anilines is 1. The lowest BCUT2D eigenvalue weighted by Gasteiger charge is -2.26. The molecule has 1 saturated heterocycles. The van der Waals surface area contributed by atoms with Crippen molar-refractivity contribution in [3.8, 4) is 0 Å². The Kier molecular flexibility index (Phi) is 7.17. The van der Waals surface area contributed by atoms with Gasteiger partial charge < -0.3 is 21.1 Å². The molecule has 1 aliphatic heterocycles. The summed E-state index contributed by atoms with van der Waals surface area (Å²) in [5.74, 6) is -0.215. The summed E-state index contributed by atoms with van der Waals surface area (Å²) >= 11 is 0. The van der Waals surface area contributed by atoms with Crippen LogP contribution in [0.2, 0.25) is 0 Å². The molecule has 0 radical (unpaired) electrons. The van der Waals surface area contributed by atoms with Crippen LogP contribution in [0.1, 0.15) is 18.9 Å². The van der Waals surface area contributed by atoms with Gasteiger partial charge in [0.1, 0.15) is 0 Å². The van der Waals surface area contributed by atoms with Crippen LogP contribution in [0.3, 0.4) is 0 Å². The topological polar surface area (TPSA) is 96.7 Å². The molecular weight excluding hydrogens is 308 g/mol. The zero-order valence-electron chi connectivity index (χ0n) is 14.1. The highest BCUT2D eigenvalue weighted by atomic mass is 16.5. The fraction of sp³-hybridized carbons (Fsp3) is 0.529. The number of rotatable bonds is 7. The lowest BCUT2D eigenvalue weighted by Crippen LogP contribution is -2.38. The van der Waals surface area contributed by atoms with E-state index in [1.165, 1.54) is 0 Å². The maximum Gasteiger partial charge on any atom is 0.236 e. The van der Waals surface area contributed by atoms with Crippen LogP contribution < -0.4 is 16.4 Å². The number of carbonyl (C=O) groups excluding carboxylic acids is 2. The van der Waals surface area contributed by atoms with Crippen LogP contribution >= 0.6 is 0 Å². The molecule has 0 aliphatic carbocycles. The van der Waals surface area contributed by atoms with Gasteiger partial charge in [0.2, 0.25) is 11.8 Å². The monoisotopic (exact) mass is 334 g/mol. The van der Waals surface area contributed by atoms with Crippen molar-refractivity contribution >= 4 is 17.5 Å². The fourth-order valence-electron chi connectivity index (χ4n) is 2.42. The summed E-state index contributed by atoms with van der Waals surface area (Å²) in [6.45, 7) is 5.98. The van der Waals surface area contributed by atoms with E-state index in [1.54, 1.807) is 6.92 Å². The van der Waals surface area contributed by atoms with Crippen molar-refractivity contribution in [3.63, 3.8) is 0 Å². The van der Waals surface area contributed by atoms with Gasteiger partial charge in [0.25, 0.3) is 0 Å². The average molecular weight is 334 g/mol. The highest BCUT2D eigenvalue weighted by Gasteiger charge is 2.12. The third-order valence-corrected chi connectivity index (χ3v) is 3.85. The summed E-state index contributed by atoms with van der Waals surface area (Å²) in [5.41, 5.74) is 7.15. The molecule has 1 fully saturated rings. The number of carbonyl (C=O) groups is 2. The van der Waals surface area contributed by atoms with Crippen LogP contribution in [0, 0.1) is 0 Å². The molecule has 2 amide bonds. The summed E-state index contributed by atoms with van der Waals surface area (Å²) in [4.78, 5) is 25.8. The number of amides is 2. The molecule has 132 valence electrons. The van der Waals surface area contributed by atoms with Gasteiger partial charge in [-0.25, -0.2) is 0 Å². The van der Waals surface area contributed by atoms with Crippen molar-refractivity contribution in [1.82, 2.24) is 10.2 Å². The Morgan fingerprint density at radius 3 is 2.79 bits per heavy atom. The number of hydrogen-bond donors (Lipinski definition) is 3. The Balaban J connectivity index is 1.78. The van der Waals surface area contributed by atoms with E-state index in [0.29, 0.717) is 13.0 Å². The summed E-state index contributed by atoms with van der Waals surface area (Å²) in [7, 11) is 0. The Morgan fingerprint density at radius 2 is 2.08 bits per heavy atom. The first-order valence-electron chi connectivity index (χ1n) is 8.27. The minimum Gasteiger partial charge on any atom is -0.379 e. The van der Waals surface area contributed by atoms with Crippen LogP contribution in [0.15, 0.2) is 24.3 Å². The number of ether oxygens (including phenoxy) is 1. The van der Waals surface area contributed by atoms with Crippen molar-refractivity contribution in [2.24, 2.45) is 5.73 Å². The van der Waals surface area contributed by atoms with Crippen LogP contribution in [0.25, 0.3) is 0 Å². The number of hydrogen-bond acceptors (Lipinski definition) is 5. The second kappa shape index (κ2) is 9.36. The van der Waals surface area contributed by atoms with Gasteiger partial charge >= 0.3 is 0 Å². The smallest absolute Gasteiger partial charge is 0.236 e. The molecule has 1 aliphatic rings. The summed E-state index contributed by atoms with van der Waals surface area (Å²) in [6, 6.07) is 6.90. The van der Waals surface area contributed by atoms with Crippen molar-refractivity contribution in [2.75, 3.05) is 38.2 Å². The normalized spacial score (nSPS) is 16.4. The van der Waals surface area contributed by atoms with Gasteiger partial charge in [-0.1, -0.05) is 12.1 Å². The molecule has 0 spiro atoms. The fourth-order valence-corrected chi connectivity index (χ4v) is 2.42. The van der Waals surface area contributed by atoms with E-state index >= 15 is 0 Å². The Hall–Kier alpha value is -1.96. The molecule has 2 rings (SSSR count). The molecule has 7 heteroatoms. The Morgan fingerprint density at radius 1 is 1.33 bits per heavy atom.